The molecule has 10 heteroatoms. The van der Waals surface area contributed by atoms with Crippen LogP contribution in [0.1, 0.15) is 17.3 Å². The first-order valence-electron chi connectivity index (χ1n) is 11.2. The van der Waals surface area contributed by atoms with Crippen molar-refractivity contribution in [1.29, 1.82) is 0 Å². The van der Waals surface area contributed by atoms with E-state index in [0.717, 1.165) is 25.4 Å². The minimum Gasteiger partial charge on any atom is -0.494 e. The molecule has 0 bridgehead atoms. The number of hydrogen-bond donors (Lipinski definition) is 1. The molecule has 0 radical (unpaired) electrons. The van der Waals surface area contributed by atoms with Crippen molar-refractivity contribution in [2.24, 2.45) is 0 Å². The Labute approximate surface area is 205 Å². The molecule has 0 aliphatic carbocycles. The summed E-state index contributed by atoms with van der Waals surface area (Å²) in [5, 5.41) is 2.94. The predicted octanol–water partition coefficient (Wildman–Crippen LogP) is 2.19. The number of fused-ring (bicyclic) bond motifs is 1. The summed E-state index contributed by atoms with van der Waals surface area (Å²) in [6.07, 6.45) is 0. The van der Waals surface area contributed by atoms with E-state index in [1.807, 2.05) is 24.0 Å². The van der Waals surface area contributed by atoms with E-state index in [1.165, 1.54) is 0 Å². The molecule has 2 aliphatic rings. The normalized spacial score (nSPS) is 14.8. The molecule has 2 aromatic carbocycles. The lowest BCUT2D eigenvalue weighted by Crippen LogP contribution is -2.51. The van der Waals surface area contributed by atoms with Gasteiger partial charge in [-0.2, -0.15) is 0 Å². The van der Waals surface area contributed by atoms with Crippen LogP contribution in [0.3, 0.4) is 0 Å². The molecule has 4 rings (SSSR count). The van der Waals surface area contributed by atoms with Crippen molar-refractivity contribution in [2.75, 3.05) is 59.3 Å². The zero-order chi connectivity index (χ0) is 23.0. The maximum absolute atomic E-state index is 12.5. The fourth-order valence-electron chi connectivity index (χ4n) is 3.72. The Bertz CT molecular complexity index is 964. The van der Waals surface area contributed by atoms with Crippen LogP contribution in [0.2, 0.25) is 0 Å². The number of halogens is 1. The van der Waals surface area contributed by atoms with E-state index in [-0.39, 0.29) is 37.6 Å². The molecule has 184 valence electrons. The number of carbonyl (C=O) groups excluding carboxylic acids is 2. The summed E-state index contributed by atoms with van der Waals surface area (Å²) in [5.41, 5.74) is 0.544. The summed E-state index contributed by atoms with van der Waals surface area (Å²) in [6.45, 7) is 6.79. The summed E-state index contributed by atoms with van der Waals surface area (Å²) in [5.74, 6) is 2.50. The van der Waals surface area contributed by atoms with Crippen LogP contribution >= 0.6 is 12.4 Å². The van der Waals surface area contributed by atoms with E-state index < -0.39 is 0 Å². The molecule has 2 aliphatic heterocycles. The van der Waals surface area contributed by atoms with Crippen LogP contribution in [-0.2, 0) is 4.79 Å². The largest absolute Gasteiger partial charge is 0.494 e. The Kier molecular flexibility index (Phi) is 9.24. The van der Waals surface area contributed by atoms with Gasteiger partial charge in [0.15, 0.2) is 18.1 Å². The second-order valence-corrected chi connectivity index (χ2v) is 7.74. The molecule has 0 saturated carbocycles. The zero-order valence-electron chi connectivity index (χ0n) is 19.2. The third kappa shape index (κ3) is 6.68. The molecule has 0 unspecified atom stereocenters. The molecule has 0 atom stereocenters. The lowest BCUT2D eigenvalue weighted by Gasteiger charge is -2.34. The second-order valence-electron chi connectivity index (χ2n) is 7.74. The highest BCUT2D eigenvalue weighted by Crippen LogP contribution is 2.32. The molecule has 1 fully saturated rings. The third-order valence-corrected chi connectivity index (χ3v) is 5.57. The topological polar surface area (TPSA) is 89.6 Å². The van der Waals surface area contributed by atoms with Gasteiger partial charge in [0.05, 0.1) is 6.61 Å². The van der Waals surface area contributed by atoms with E-state index in [0.29, 0.717) is 49.1 Å². The van der Waals surface area contributed by atoms with Crippen molar-refractivity contribution in [3.8, 4) is 23.0 Å². The zero-order valence-corrected chi connectivity index (χ0v) is 20.0. The number of nitrogens with one attached hydrogen (secondary N) is 1. The van der Waals surface area contributed by atoms with Crippen molar-refractivity contribution in [1.82, 2.24) is 15.1 Å². The van der Waals surface area contributed by atoms with Gasteiger partial charge in [-0.15, -0.1) is 12.4 Å². The van der Waals surface area contributed by atoms with Gasteiger partial charge in [0.2, 0.25) is 6.79 Å². The predicted molar refractivity (Wildman–Crippen MR) is 128 cm³/mol. The quantitative estimate of drug-likeness (QED) is 0.575. The van der Waals surface area contributed by atoms with Gasteiger partial charge in [0.1, 0.15) is 11.5 Å². The van der Waals surface area contributed by atoms with Gasteiger partial charge < -0.3 is 29.2 Å². The highest BCUT2D eigenvalue weighted by molar-refractivity contribution is 5.94. The first kappa shape index (κ1) is 25.5. The minimum atomic E-state index is -0.145. The van der Waals surface area contributed by atoms with E-state index in [9.17, 15) is 9.59 Å². The monoisotopic (exact) mass is 491 g/mol. The number of amides is 2. The highest BCUT2D eigenvalue weighted by Gasteiger charge is 2.21. The average Bonchev–Trinajstić information content (AvgIpc) is 3.32. The SMILES string of the molecule is CCOc1ccc(OCC(=O)N2CCN(CCNC(=O)c3ccc4c(c3)OCO4)CC2)cc1.Cl. The molecule has 34 heavy (non-hydrogen) atoms. The number of carbonyl (C=O) groups is 2. The number of benzene rings is 2. The van der Waals surface area contributed by atoms with E-state index in [4.69, 9.17) is 18.9 Å². The molecule has 9 nitrogen and oxygen atoms in total. The van der Waals surface area contributed by atoms with Crippen molar-refractivity contribution in [3.63, 3.8) is 0 Å². The molecular formula is C24H30ClN3O6. The van der Waals surface area contributed by atoms with Crippen LogP contribution in [0, 0.1) is 0 Å². The lowest BCUT2D eigenvalue weighted by molar-refractivity contribution is -0.135. The molecule has 1 N–H and O–H groups in total. The molecule has 1 saturated heterocycles. The van der Waals surface area contributed by atoms with Gasteiger partial charge in [-0.3, -0.25) is 14.5 Å². The summed E-state index contributed by atoms with van der Waals surface area (Å²) in [4.78, 5) is 28.9. The second kappa shape index (κ2) is 12.3. The standard InChI is InChI=1S/C24H29N3O6.ClH/c1-2-30-19-4-6-20(7-5-19)31-16-23(28)27-13-11-26(12-14-27)10-9-25-24(29)18-3-8-21-22(15-18)33-17-32-21;/h3-8,15H,2,9-14,16-17H2,1H3,(H,25,29);1H. The molecule has 2 amide bonds. The minimum absolute atomic E-state index is 0. The molecule has 0 aromatic heterocycles. The number of nitrogens with zero attached hydrogens (tertiary/aromatic N) is 2. The van der Waals surface area contributed by atoms with Crippen LogP contribution in [-0.4, -0.2) is 80.9 Å². The number of hydrogen-bond acceptors (Lipinski definition) is 7. The summed E-state index contributed by atoms with van der Waals surface area (Å²) in [7, 11) is 0. The molecular weight excluding hydrogens is 462 g/mol. The van der Waals surface area contributed by atoms with Gasteiger partial charge in [-0.1, -0.05) is 0 Å². The Morgan fingerprint density at radius 2 is 1.62 bits per heavy atom. The lowest BCUT2D eigenvalue weighted by atomic mass is 10.2. The van der Waals surface area contributed by atoms with E-state index >= 15 is 0 Å². The number of ether oxygens (including phenoxy) is 4. The highest BCUT2D eigenvalue weighted by atomic mass is 35.5. The maximum Gasteiger partial charge on any atom is 0.260 e. The van der Waals surface area contributed by atoms with Crippen molar-refractivity contribution in [2.45, 2.75) is 6.92 Å². The van der Waals surface area contributed by atoms with Crippen LogP contribution in [0.5, 0.6) is 23.0 Å². The van der Waals surface area contributed by atoms with Crippen LogP contribution in [0.25, 0.3) is 0 Å². The molecule has 2 aromatic rings. The van der Waals surface area contributed by atoms with Crippen LogP contribution in [0.15, 0.2) is 42.5 Å². The van der Waals surface area contributed by atoms with Gasteiger partial charge in [0, 0.05) is 44.8 Å². The van der Waals surface area contributed by atoms with E-state index in [1.54, 1.807) is 30.3 Å². The maximum atomic E-state index is 12.5. The fourth-order valence-corrected chi connectivity index (χ4v) is 3.72. The van der Waals surface area contributed by atoms with Crippen molar-refractivity contribution >= 4 is 24.2 Å². The van der Waals surface area contributed by atoms with Gasteiger partial charge in [-0.05, 0) is 49.4 Å². The number of rotatable bonds is 9. The Morgan fingerprint density at radius 3 is 2.32 bits per heavy atom. The third-order valence-electron chi connectivity index (χ3n) is 5.57. The molecule has 2 heterocycles. The first-order chi connectivity index (χ1) is 16.1. The summed E-state index contributed by atoms with van der Waals surface area (Å²) in [6, 6.07) is 12.4. The fraction of sp³-hybridized carbons (Fsp3) is 0.417. The first-order valence-corrected chi connectivity index (χ1v) is 11.2. The summed E-state index contributed by atoms with van der Waals surface area (Å²) >= 11 is 0. The van der Waals surface area contributed by atoms with Crippen molar-refractivity contribution < 1.29 is 28.5 Å². The van der Waals surface area contributed by atoms with Gasteiger partial charge in [0.25, 0.3) is 11.8 Å². The van der Waals surface area contributed by atoms with Gasteiger partial charge >= 0.3 is 0 Å². The summed E-state index contributed by atoms with van der Waals surface area (Å²) < 4.78 is 21.6. The van der Waals surface area contributed by atoms with Crippen LogP contribution < -0.4 is 24.3 Å². The smallest absolute Gasteiger partial charge is 0.260 e. The molecule has 0 spiro atoms. The Hall–Kier alpha value is -3.17. The van der Waals surface area contributed by atoms with Gasteiger partial charge in [-0.25, -0.2) is 0 Å². The number of piperazine rings is 1. The van der Waals surface area contributed by atoms with E-state index in [2.05, 4.69) is 10.2 Å². The Balaban J connectivity index is 0.00000324. The van der Waals surface area contributed by atoms with Crippen LogP contribution in [0.4, 0.5) is 0 Å². The average molecular weight is 492 g/mol. The Morgan fingerprint density at radius 1 is 0.941 bits per heavy atom. The van der Waals surface area contributed by atoms with Crippen molar-refractivity contribution in [3.05, 3.63) is 48.0 Å².